The predicted molar refractivity (Wildman–Crippen MR) is 106 cm³/mol. The first-order valence-corrected chi connectivity index (χ1v) is 9.23. The van der Waals surface area contributed by atoms with E-state index in [1.807, 2.05) is 0 Å². The van der Waals surface area contributed by atoms with Crippen LogP contribution in [0.2, 0.25) is 0 Å². The van der Waals surface area contributed by atoms with Crippen LogP contribution in [-0.4, -0.2) is 24.0 Å². The smallest absolute Gasteiger partial charge is 0.269 e. The number of carbonyl (C=O) groups excluding carboxylic acids is 2. The topological polar surface area (TPSA) is 60.9 Å². The molecule has 3 aromatic rings. The Kier molecular flexibility index (Phi) is 3.63. The van der Waals surface area contributed by atoms with Gasteiger partial charge in [0.05, 0.1) is 5.69 Å². The molecule has 0 radical (unpaired) electrons. The van der Waals surface area contributed by atoms with Gasteiger partial charge in [-0.15, -0.1) is 0 Å². The Morgan fingerprint density at radius 1 is 0.931 bits per heavy atom. The highest BCUT2D eigenvalue weighted by Crippen LogP contribution is 2.54. The van der Waals surface area contributed by atoms with E-state index in [4.69, 9.17) is 0 Å². The zero-order valence-corrected chi connectivity index (χ0v) is 15.5. The number of anilines is 3. The highest BCUT2D eigenvalue weighted by Gasteiger charge is 2.60. The molecule has 2 unspecified atom stereocenters. The number of nitrogens with zero attached hydrogens (tertiary/aromatic N) is 2. The number of halogens is 1. The Morgan fingerprint density at radius 3 is 2.38 bits per heavy atom. The van der Waals surface area contributed by atoms with Crippen LogP contribution in [0.4, 0.5) is 21.5 Å². The van der Waals surface area contributed by atoms with Crippen LogP contribution in [0.15, 0.2) is 72.8 Å². The van der Waals surface area contributed by atoms with Crippen molar-refractivity contribution in [2.45, 2.75) is 11.5 Å². The van der Waals surface area contributed by atoms with E-state index in [9.17, 15) is 19.1 Å². The average Bonchev–Trinajstić information content (AvgIpc) is 3.11. The van der Waals surface area contributed by atoms with Crippen LogP contribution in [-0.2, 0) is 15.2 Å². The Bertz CT molecular complexity index is 1160. The average molecular weight is 388 g/mol. The lowest BCUT2D eigenvalue weighted by Gasteiger charge is -2.28. The Labute approximate surface area is 166 Å². The first-order valence-electron chi connectivity index (χ1n) is 9.23. The fraction of sp³-hybridized carbons (Fsp3) is 0.130. The minimum Gasteiger partial charge on any atom is -0.374 e. The van der Waals surface area contributed by atoms with Crippen molar-refractivity contribution in [3.63, 3.8) is 0 Å². The van der Waals surface area contributed by atoms with E-state index in [2.05, 4.69) is 0 Å². The SMILES string of the molecule is CN1C(=O)C(C2(O)C(=O)N(c3ccccc3)c3cc(F)ccc32)c2ccccc21. The van der Waals surface area contributed by atoms with Gasteiger partial charge in [-0.1, -0.05) is 42.5 Å². The van der Waals surface area contributed by atoms with E-state index in [1.54, 1.807) is 61.6 Å². The van der Waals surface area contributed by atoms with Crippen LogP contribution in [0.5, 0.6) is 0 Å². The summed E-state index contributed by atoms with van der Waals surface area (Å²) >= 11 is 0. The van der Waals surface area contributed by atoms with Gasteiger partial charge >= 0.3 is 0 Å². The zero-order valence-electron chi connectivity index (χ0n) is 15.5. The maximum Gasteiger partial charge on any atom is 0.269 e. The number of para-hydroxylation sites is 2. The molecule has 0 aromatic heterocycles. The van der Waals surface area contributed by atoms with Crippen molar-refractivity contribution in [1.29, 1.82) is 0 Å². The largest absolute Gasteiger partial charge is 0.374 e. The van der Waals surface area contributed by atoms with Gasteiger partial charge in [0.15, 0.2) is 5.60 Å². The third-order valence-electron chi connectivity index (χ3n) is 5.76. The first-order chi connectivity index (χ1) is 13.9. The molecule has 2 aliphatic heterocycles. The summed E-state index contributed by atoms with van der Waals surface area (Å²) in [7, 11) is 1.62. The van der Waals surface area contributed by atoms with Gasteiger partial charge in [-0.2, -0.15) is 0 Å². The molecule has 2 amide bonds. The van der Waals surface area contributed by atoms with Gasteiger partial charge in [0.2, 0.25) is 5.91 Å². The van der Waals surface area contributed by atoms with Gasteiger partial charge in [0.25, 0.3) is 5.91 Å². The van der Waals surface area contributed by atoms with Crippen molar-refractivity contribution in [3.8, 4) is 0 Å². The molecule has 2 heterocycles. The molecule has 2 aliphatic rings. The van der Waals surface area contributed by atoms with Crippen LogP contribution in [0.25, 0.3) is 0 Å². The summed E-state index contributed by atoms with van der Waals surface area (Å²) in [6, 6.07) is 19.6. The molecular formula is C23H17FN2O3. The number of carbonyl (C=O) groups is 2. The van der Waals surface area contributed by atoms with Gasteiger partial charge in [-0.05, 0) is 35.9 Å². The number of likely N-dealkylation sites (N-methyl/N-ethyl adjacent to an activating group) is 1. The number of amides is 2. The minimum absolute atomic E-state index is 0.219. The molecular weight excluding hydrogens is 371 g/mol. The van der Waals surface area contributed by atoms with Gasteiger partial charge in [-0.25, -0.2) is 4.39 Å². The van der Waals surface area contributed by atoms with E-state index in [1.165, 1.54) is 28.0 Å². The van der Waals surface area contributed by atoms with E-state index in [0.717, 1.165) is 0 Å². The lowest BCUT2D eigenvalue weighted by Crippen LogP contribution is -2.46. The summed E-state index contributed by atoms with van der Waals surface area (Å²) in [6.45, 7) is 0. The van der Waals surface area contributed by atoms with Gasteiger partial charge in [0, 0.05) is 24.0 Å². The van der Waals surface area contributed by atoms with Crippen LogP contribution in [0, 0.1) is 5.82 Å². The third-order valence-corrected chi connectivity index (χ3v) is 5.76. The normalized spacial score (nSPS) is 22.8. The van der Waals surface area contributed by atoms with Crippen LogP contribution < -0.4 is 9.80 Å². The lowest BCUT2D eigenvalue weighted by atomic mass is 9.78. The molecule has 3 aromatic carbocycles. The van der Waals surface area contributed by atoms with Crippen molar-refractivity contribution in [2.24, 2.45) is 0 Å². The van der Waals surface area contributed by atoms with Gasteiger partial charge in [-0.3, -0.25) is 14.5 Å². The molecule has 0 saturated heterocycles. The Morgan fingerprint density at radius 2 is 1.62 bits per heavy atom. The van der Waals surface area contributed by atoms with E-state index in [-0.39, 0.29) is 17.2 Å². The summed E-state index contributed by atoms with van der Waals surface area (Å²) < 4.78 is 14.1. The minimum atomic E-state index is -2.14. The number of fused-ring (bicyclic) bond motifs is 2. The van der Waals surface area contributed by atoms with Crippen molar-refractivity contribution < 1.29 is 19.1 Å². The molecule has 0 fully saturated rings. The highest BCUT2D eigenvalue weighted by atomic mass is 19.1. The molecule has 5 nitrogen and oxygen atoms in total. The van der Waals surface area contributed by atoms with Crippen LogP contribution >= 0.6 is 0 Å². The molecule has 144 valence electrons. The molecule has 0 aliphatic carbocycles. The maximum atomic E-state index is 14.1. The van der Waals surface area contributed by atoms with Crippen molar-refractivity contribution in [1.82, 2.24) is 0 Å². The van der Waals surface area contributed by atoms with Gasteiger partial charge < -0.3 is 10.0 Å². The first kappa shape index (κ1) is 17.6. The summed E-state index contributed by atoms with van der Waals surface area (Å²) in [5.74, 6) is -2.70. The number of rotatable bonds is 2. The summed E-state index contributed by atoms with van der Waals surface area (Å²) in [4.78, 5) is 29.5. The Balaban J connectivity index is 1.76. The standard InChI is InChI=1S/C23H17FN2O3/c1-25-18-10-6-5-9-16(18)20(21(25)27)23(29)17-12-11-14(24)13-19(17)26(22(23)28)15-7-3-2-4-8-15/h2-13,20,29H,1H3. The van der Waals surface area contributed by atoms with E-state index in [0.29, 0.717) is 16.9 Å². The molecule has 2 atom stereocenters. The molecule has 6 heteroatoms. The zero-order chi connectivity index (χ0) is 20.3. The van der Waals surface area contributed by atoms with Gasteiger partial charge in [0.1, 0.15) is 11.7 Å². The number of hydrogen-bond acceptors (Lipinski definition) is 3. The molecule has 0 spiro atoms. The van der Waals surface area contributed by atoms with E-state index >= 15 is 0 Å². The quantitative estimate of drug-likeness (QED) is 0.732. The van der Waals surface area contributed by atoms with Crippen molar-refractivity contribution in [2.75, 3.05) is 16.8 Å². The fourth-order valence-corrected chi connectivity index (χ4v) is 4.41. The Hall–Kier alpha value is -3.51. The molecule has 0 bridgehead atoms. The lowest BCUT2D eigenvalue weighted by molar-refractivity contribution is -0.143. The monoisotopic (exact) mass is 388 g/mol. The van der Waals surface area contributed by atoms with E-state index < -0.39 is 23.2 Å². The molecule has 29 heavy (non-hydrogen) atoms. The second kappa shape index (κ2) is 5.99. The number of benzene rings is 3. The van der Waals surface area contributed by atoms with Crippen molar-refractivity contribution >= 4 is 28.9 Å². The molecule has 0 saturated carbocycles. The number of aliphatic hydroxyl groups is 1. The summed E-state index contributed by atoms with van der Waals surface area (Å²) in [5.41, 5.74) is 0.0234. The van der Waals surface area contributed by atoms with Crippen LogP contribution in [0.3, 0.4) is 0 Å². The maximum absolute atomic E-state index is 14.1. The summed E-state index contributed by atoms with van der Waals surface area (Å²) in [6.07, 6.45) is 0. The second-order valence-corrected chi connectivity index (χ2v) is 7.29. The molecule has 1 N–H and O–H groups in total. The molecule has 5 rings (SSSR count). The highest BCUT2D eigenvalue weighted by molar-refractivity contribution is 6.17. The second-order valence-electron chi connectivity index (χ2n) is 7.29. The number of hydrogen-bond donors (Lipinski definition) is 1. The predicted octanol–water partition coefficient (Wildman–Crippen LogP) is 3.45. The van der Waals surface area contributed by atoms with Crippen molar-refractivity contribution in [3.05, 3.63) is 89.7 Å². The van der Waals surface area contributed by atoms with Crippen LogP contribution in [0.1, 0.15) is 17.0 Å². The summed E-state index contributed by atoms with van der Waals surface area (Å²) in [5, 5.41) is 11.8. The third kappa shape index (κ3) is 2.23. The fourth-order valence-electron chi connectivity index (χ4n) is 4.41.